The number of aryl methyl sites for hydroxylation is 3. The van der Waals surface area contributed by atoms with E-state index in [1.807, 2.05) is 0 Å². The van der Waals surface area contributed by atoms with E-state index >= 15 is 0 Å². The molecule has 1 unspecified atom stereocenters. The molecule has 0 saturated carbocycles. The lowest BCUT2D eigenvalue weighted by Crippen LogP contribution is -2.30. The Hall–Kier alpha value is -3.06. The second-order valence-corrected chi connectivity index (χ2v) is 9.24. The third-order valence-corrected chi connectivity index (χ3v) is 7.49. The Morgan fingerprint density at radius 2 is 2.03 bits per heavy atom. The van der Waals surface area contributed by atoms with Crippen LogP contribution in [-0.2, 0) is 19.3 Å². The minimum Gasteiger partial charge on any atom is -0.345 e. The van der Waals surface area contributed by atoms with E-state index in [-0.39, 0.29) is 11.9 Å². The smallest absolute Gasteiger partial charge is 0.261 e. The molecule has 1 aromatic carbocycles. The Morgan fingerprint density at radius 3 is 2.97 bits per heavy atom. The summed E-state index contributed by atoms with van der Waals surface area (Å²) in [6.07, 6.45) is 9.84. The highest BCUT2D eigenvalue weighted by Gasteiger charge is 2.25. The van der Waals surface area contributed by atoms with Crippen molar-refractivity contribution in [3.8, 4) is 11.3 Å². The largest absolute Gasteiger partial charge is 0.345 e. The zero-order valence-electron chi connectivity index (χ0n) is 16.4. The molecule has 7 heteroatoms. The molecule has 0 fully saturated rings. The summed E-state index contributed by atoms with van der Waals surface area (Å²) in [7, 11) is 0. The van der Waals surface area contributed by atoms with E-state index in [2.05, 4.69) is 49.7 Å². The number of carbonyl (C=O) groups is 1. The standard InChI is InChI=1S/C23H21N5OS/c29-23(20-10-14-4-2-6-19(14)30-20)27-18-5-1-3-13-9-15(7-8-16(13)18)21-17-11-26-28-22(17)25-12-24-21/h7-12,18H,1-6H2,(H,27,29)(H,24,25,26,28). The van der Waals surface area contributed by atoms with Crippen LogP contribution >= 0.6 is 11.3 Å². The van der Waals surface area contributed by atoms with Crippen molar-refractivity contribution in [3.05, 3.63) is 63.2 Å². The summed E-state index contributed by atoms with van der Waals surface area (Å²) in [6.45, 7) is 0. The zero-order valence-corrected chi connectivity index (χ0v) is 17.3. The number of hydrogen-bond donors (Lipinski definition) is 2. The van der Waals surface area contributed by atoms with Gasteiger partial charge in [0.15, 0.2) is 5.65 Å². The Bertz CT molecular complexity index is 1250. The maximum atomic E-state index is 12.9. The van der Waals surface area contributed by atoms with Crippen LogP contribution in [0.4, 0.5) is 0 Å². The van der Waals surface area contributed by atoms with Crippen molar-refractivity contribution < 1.29 is 4.79 Å². The molecule has 6 rings (SSSR count). The van der Waals surface area contributed by atoms with E-state index in [0.29, 0.717) is 0 Å². The number of nitrogens with zero attached hydrogens (tertiary/aromatic N) is 3. The van der Waals surface area contributed by atoms with Crippen molar-refractivity contribution in [2.24, 2.45) is 0 Å². The van der Waals surface area contributed by atoms with Gasteiger partial charge in [-0.3, -0.25) is 9.89 Å². The number of hydrogen-bond acceptors (Lipinski definition) is 5. The number of aromatic nitrogens is 4. The number of carbonyl (C=O) groups excluding carboxylic acids is 1. The molecule has 1 amide bonds. The maximum absolute atomic E-state index is 12.9. The molecule has 2 N–H and O–H groups in total. The molecule has 0 bridgehead atoms. The van der Waals surface area contributed by atoms with E-state index in [1.165, 1.54) is 28.0 Å². The summed E-state index contributed by atoms with van der Waals surface area (Å²) >= 11 is 1.67. The van der Waals surface area contributed by atoms with Gasteiger partial charge < -0.3 is 5.32 Å². The average molecular weight is 416 g/mol. The van der Waals surface area contributed by atoms with Crippen LogP contribution in [0.5, 0.6) is 0 Å². The molecule has 0 saturated heterocycles. The minimum atomic E-state index is 0.0617. The fourth-order valence-electron chi connectivity index (χ4n) is 4.78. The third kappa shape index (κ3) is 2.92. The molecule has 3 heterocycles. The Kier molecular flexibility index (Phi) is 4.16. The van der Waals surface area contributed by atoms with Gasteiger partial charge in [-0.25, -0.2) is 9.97 Å². The lowest BCUT2D eigenvalue weighted by atomic mass is 9.86. The molecule has 150 valence electrons. The molecule has 2 aliphatic carbocycles. The molecule has 1 atom stereocenters. The first kappa shape index (κ1) is 17.8. The van der Waals surface area contributed by atoms with Gasteiger partial charge >= 0.3 is 0 Å². The van der Waals surface area contributed by atoms with Crippen molar-refractivity contribution in [2.75, 3.05) is 0 Å². The van der Waals surface area contributed by atoms with E-state index in [4.69, 9.17) is 0 Å². The number of thiophene rings is 1. The first-order valence-corrected chi connectivity index (χ1v) is 11.3. The first-order chi connectivity index (χ1) is 14.8. The molecule has 6 nitrogen and oxygen atoms in total. The second-order valence-electron chi connectivity index (χ2n) is 8.10. The Morgan fingerprint density at radius 1 is 1.10 bits per heavy atom. The third-order valence-electron chi connectivity index (χ3n) is 6.25. The highest BCUT2D eigenvalue weighted by Crippen LogP contribution is 2.35. The summed E-state index contributed by atoms with van der Waals surface area (Å²) in [6, 6.07) is 8.61. The number of fused-ring (bicyclic) bond motifs is 3. The van der Waals surface area contributed by atoms with Gasteiger partial charge in [0.25, 0.3) is 5.91 Å². The van der Waals surface area contributed by atoms with Crippen molar-refractivity contribution >= 4 is 28.3 Å². The van der Waals surface area contributed by atoms with Crippen LogP contribution < -0.4 is 5.32 Å². The van der Waals surface area contributed by atoms with Gasteiger partial charge in [0.05, 0.1) is 28.2 Å². The van der Waals surface area contributed by atoms with Crippen LogP contribution in [0.1, 0.15) is 56.5 Å². The topological polar surface area (TPSA) is 83.6 Å². The molecule has 2 aliphatic rings. The van der Waals surface area contributed by atoms with Crippen LogP contribution in [0.2, 0.25) is 0 Å². The number of rotatable bonds is 3. The van der Waals surface area contributed by atoms with Gasteiger partial charge in [-0.2, -0.15) is 5.10 Å². The predicted molar refractivity (Wildman–Crippen MR) is 117 cm³/mol. The van der Waals surface area contributed by atoms with Gasteiger partial charge in [-0.05, 0) is 67.3 Å². The summed E-state index contributed by atoms with van der Waals surface area (Å²) in [4.78, 5) is 23.9. The van der Waals surface area contributed by atoms with Crippen LogP contribution in [0.3, 0.4) is 0 Å². The lowest BCUT2D eigenvalue weighted by Gasteiger charge is -2.27. The quantitative estimate of drug-likeness (QED) is 0.520. The van der Waals surface area contributed by atoms with E-state index in [0.717, 1.165) is 59.3 Å². The fraction of sp³-hybridized carbons (Fsp3) is 0.304. The summed E-state index contributed by atoms with van der Waals surface area (Å²) in [5, 5.41) is 11.2. The molecule has 3 aromatic heterocycles. The molecule has 30 heavy (non-hydrogen) atoms. The van der Waals surface area contributed by atoms with Crippen LogP contribution in [-0.4, -0.2) is 26.1 Å². The number of H-pyrrole nitrogens is 1. The zero-order chi connectivity index (χ0) is 20.1. The van der Waals surface area contributed by atoms with Crippen molar-refractivity contribution in [3.63, 3.8) is 0 Å². The molecule has 0 aliphatic heterocycles. The predicted octanol–water partition coefficient (Wildman–Crippen LogP) is 4.38. The average Bonchev–Trinajstić information content (AvgIpc) is 3.49. The normalized spacial score (nSPS) is 17.7. The highest BCUT2D eigenvalue weighted by atomic mass is 32.1. The van der Waals surface area contributed by atoms with Gasteiger partial charge in [0.2, 0.25) is 0 Å². The van der Waals surface area contributed by atoms with Gasteiger partial charge in [-0.1, -0.05) is 12.1 Å². The van der Waals surface area contributed by atoms with E-state index in [1.54, 1.807) is 23.9 Å². The molecule has 0 radical (unpaired) electrons. The van der Waals surface area contributed by atoms with Crippen LogP contribution in [0.25, 0.3) is 22.3 Å². The Labute approximate surface area is 177 Å². The van der Waals surface area contributed by atoms with E-state index in [9.17, 15) is 4.79 Å². The SMILES string of the molecule is O=C(NC1CCCc2cc(-c3ncnc4[nH]ncc34)ccc21)c1cc2c(s1)CCC2. The summed E-state index contributed by atoms with van der Waals surface area (Å²) in [5.74, 6) is 0.0623. The van der Waals surface area contributed by atoms with Crippen molar-refractivity contribution in [2.45, 2.75) is 44.6 Å². The molecular formula is C23H21N5OS. The van der Waals surface area contributed by atoms with Gasteiger partial charge in [0.1, 0.15) is 6.33 Å². The van der Waals surface area contributed by atoms with Crippen molar-refractivity contribution in [1.29, 1.82) is 0 Å². The fourth-order valence-corrected chi connectivity index (χ4v) is 5.93. The number of nitrogens with one attached hydrogen (secondary N) is 2. The second kappa shape index (κ2) is 7.02. The minimum absolute atomic E-state index is 0.0617. The monoisotopic (exact) mass is 415 g/mol. The van der Waals surface area contributed by atoms with Gasteiger partial charge in [-0.15, -0.1) is 11.3 Å². The number of amides is 1. The number of aromatic amines is 1. The lowest BCUT2D eigenvalue weighted by molar-refractivity contribution is 0.0937. The summed E-state index contributed by atoms with van der Waals surface area (Å²) in [5.41, 5.74) is 6.56. The van der Waals surface area contributed by atoms with Crippen LogP contribution in [0.15, 0.2) is 36.8 Å². The molecule has 4 aromatic rings. The Balaban J connectivity index is 1.29. The maximum Gasteiger partial charge on any atom is 0.261 e. The van der Waals surface area contributed by atoms with Crippen molar-refractivity contribution in [1.82, 2.24) is 25.5 Å². The van der Waals surface area contributed by atoms with E-state index < -0.39 is 0 Å². The number of benzene rings is 1. The van der Waals surface area contributed by atoms with Gasteiger partial charge in [0, 0.05) is 10.4 Å². The molecule has 0 spiro atoms. The van der Waals surface area contributed by atoms with Crippen LogP contribution in [0, 0.1) is 0 Å². The first-order valence-electron chi connectivity index (χ1n) is 10.5. The molecular weight excluding hydrogens is 394 g/mol. The highest BCUT2D eigenvalue weighted by molar-refractivity contribution is 7.14. The summed E-state index contributed by atoms with van der Waals surface area (Å²) < 4.78 is 0.